The van der Waals surface area contributed by atoms with Gasteiger partial charge in [-0.3, -0.25) is 14.2 Å². The van der Waals surface area contributed by atoms with E-state index in [-0.39, 0.29) is 5.91 Å². The van der Waals surface area contributed by atoms with Gasteiger partial charge in [0.1, 0.15) is 0 Å². The Kier molecular flexibility index (Phi) is 5.41. The minimum Gasteiger partial charge on any atom is -0.350 e. The van der Waals surface area contributed by atoms with Crippen LogP contribution in [0.25, 0.3) is 0 Å². The van der Waals surface area contributed by atoms with E-state index in [1.54, 1.807) is 17.1 Å². The summed E-state index contributed by atoms with van der Waals surface area (Å²) in [5.74, 6) is -0.0308. The summed E-state index contributed by atoms with van der Waals surface area (Å²) in [6.45, 7) is 5.62. The first-order chi connectivity index (χ1) is 10.0. The fourth-order valence-corrected chi connectivity index (χ4v) is 2.54. The van der Waals surface area contributed by atoms with Gasteiger partial charge in [0.2, 0.25) is 5.91 Å². The summed E-state index contributed by atoms with van der Waals surface area (Å²) in [5.41, 5.74) is 1.83. The molecule has 1 N–H and O–H groups in total. The number of aryl methyl sites for hydroxylation is 2. The quantitative estimate of drug-likeness (QED) is 0.845. The van der Waals surface area contributed by atoms with Crippen molar-refractivity contribution in [2.24, 2.45) is 0 Å². The predicted molar refractivity (Wildman–Crippen MR) is 84.0 cm³/mol. The van der Waals surface area contributed by atoms with Crippen LogP contribution in [0.5, 0.6) is 0 Å². The molecule has 8 heteroatoms. The number of carbonyl (C=O) groups excluding carboxylic acids is 1. The van der Waals surface area contributed by atoms with Crippen LogP contribution in [0.1, 0.15) is 24.7 Å². The van der Waals surface area contributed by atoms with Gasteiger partial charge in [0.25, 0.3) is 0 Å². The predicted octanol–water partition coefficient (Wildman–Crippen LogP) is 2.53. The summed E-state index contributed by atoms with van der Waals surface area (Å²) in [5, 5.41) is 11.8. The smallest absolute Gasteiger partial charge is 0.222 e. The molecule has 0 aliphatic carbocycles. The van der Waals surface area contributed by atoms with E-state index in [1.807, 2.05) is 18.5 Å². The molecule has 2 heterocycles. The highest BCUT2D eigenvalue weighted by Crippen LogP contribution is 2.16. The third kappa shape index (κ3) is 3.85. The average molecular weight is 375 g/mol. The van der Waals surface area contributed by atoms with E-state index in [9.17, 15) is 4.79 Å². The third-order valence-corrected chi connectivity index (χ3v) is 4.28. The van der Waals surface area contributed by atoms with Crippen LogP contribution in [0.2, 0.25) is 5.02 Å². The summed E-state index contributed by atoms with van der Waals surface area (Å²) in [7, 11) is 0. The van der Waals surface area contributed by atoms with Crippen molar-refractivity contribution in [2.75, 3.05) is 0 Å². The lowest BCUT2D eigenvalue weighted by Crippen LogP contribution is -2.25. The Morgan fingerprint density at radius 2 is 2.10 bits per heavy atom. The van der Waals surface area contributed by atoms with Crippen LogP contribution >= 0.6 is 27.5 Å². The molecule has 0 aliphatic heterocycles. The van der Waals surface area contributed by atoms with Crippen molar-refractivity contribution in [3.05, 3.63) is 33.3 Å². The van der Waals surface area contributed by atoms with Gasteiger partial charge in [-0.05, 0) is 29.8 Å². The van der Waals surface area contributed by atoms with Crippen molar-refractivity contribution in [2.45, 2.75) is 39.9 Å². The minimum atomic E-state index is -0.0308. The Morgan fingerprint density at radius 1 is 1.38 bits per heavy atom. The fourth-order valence-electron chi connectivity index (χ4n) is 1.96. The second-order valence-corrected chi connectivity index (χ2v) is 5.84. The molecule has 114 valence electrons. The molecule has 0 spiro atoms. The number of carbonyl (C=O) groups is 1. The Morgan fingerprint density at radius 3 is 2.71 bits per heavy atom. The van der Waals surface area contributed by atoms with Gasteiger partial charge in [0, 0.05) is 13.0 Å². The maximum Gasteiger partial charge on any atom is 0.222 e. The lowest BCUT2D eigenvalue weighted by molar-refractivity contribution is -0.121. The number of halogens is 2. The molecular weight excluding hydrogens is 358 g/mol. The molecule has 2 rings (SSSR count). The molecule has 0 aromatic carbocycles. The van der Waals surface area contributed by atoms with Crippen molar-refractivity contribution in [3.8, 4) is 0 Å². The number of hydrogen-bond donors (Lipinski definition) is 1. The summed E-state index contributed by atoms with van der Waals surface area (Å²) in [6, 6.07) is 0. The van der Waals surface area contributed by atoms with Crippen LogP contribution in [0.15, 0.2) is 16.9 Å². The van der Waals surface area contributed by atoms with Crippen LogP contribution in [0, 0.1) is 6.92 Å². The number of rotatable bonds is 6. The molecule has 0 unspecified atom stereocenters. The Labute approximate surface area is 136 Å². The van der Waals surface area contributed by atoms with Crippen molar-refractivity contribution in [1.29, 1.82) is 0 Å². The average Bonchev–Trinajstić information content (AvgIpc) is 2.98. The van der Waals surface area contributed by atoms with Gasteiger partial charge in [-0.15, -0.1) is 0 Å². The first-order valence-electron chi connectivity index (χ1n) is 6.67. The van der Waals surface area contributed by atoms with E-state index in [2.05, 4.69) is 31.4 Å². The fraction of sp³-hybridized carbons (Fsp3) is 0.462. The Hall–Kier alpha value is -1.34. The van der Waals surface area contributed by atoms with Crippen molar-refractivity contribution >= 4 is 33.4 Å². The van der Waals surface area contributed by atoms with Gasteiger partial charge in [0.05, 0.1) is 46.4 Å². The van der Waals surface area contributed by atoms with E-state index >= 15 is 0 Å². The van der Waals surface area contributed by atoms with Crippen LogP contribution in [-0.4, -0.2) is 25.5 Å². The van der Waals surface area contributed by atoms with Gasteiger partial charge in [-0.1, -0.05) is 11.6 Å². The van der Waals surface area contributed by atoms with Gasteiger partial charge >= 0.3 is 0 Å². The van der Waals surface area contributed by atoms with E-state index in [0.717, 1.165) is 22.4 Å². The lowest BCUT2D eigenvalue weighted by atomic mass is 10.3. The zero-order valence-corrected chi connectivity index (χ0v) is 14.3. The normalized spacial score (nSPS) is 10.9. The summed E-state index contributed by atoms with van der Waals surface area (Å²) < 4.78 is 4.48. The first kappa shape index (κ1) is 16.0. The molecule has 6 nitrogen and oxygen atoms in total. The SMILES string of the molecule is CCn1ncc(Br)c1CNC(=O)CCn1ncc(Cl)c1C. The number of nitrogens with zero attached hydrogens (tertiary/aromatic N) is 4. The van der Waals surface area contributed by atoms with Crippen LogP contribution in [0.3, 0.4) is 0 Å². The highest BCUT2D eigenvalue weighted by Gasteiger charge is 2.10. The van der Waals surface area contributed by atoms with E-state index in [0.29, 0.717) is 24.5 Å². The second kappa shape index (κ2) is 7.09. The topological polar surface area (TPSA) is 64.7 Å². The molecule has 0 atom stereocenters. The Bertz CT molecular complexity index is 637. The molecular formula is C13H17BrClN5O. The van der Waals surface area contributed by atoms with E-state index < -0.39 is 0 Å². The van der Waals surface area contributed by atoms with Crippen LogP contribution in [0.4, 0.5) is 0 Å². The molecule has 2 aromatic heterocycles. The molecule has 2 aromatic rings. The molecule has 1 amide bonds. The first-order valence-corrected chi connectivity index (χ1v) is 7.84. The highest BCUT2D eigenvalue weighted by molar-refractivity contribution is 9.10. The maximum absolute atomic E-state index is 11.9. The number of nitrogens with one attached hydrogen (secondary N) is 1. The zero-order chi connectivity index (χ0) is 15.4. The van der Waals surface area contributed by atoms with Crippen molar-refractivity contribution < 1.29 is 4.79 Å². The van der Waals surface area contributed by atoms with Crippen LogP contribution in [-0.2, 0) is 24.4 Å². The second-order valence-electron chi connectivity index (χ2n) is 4.58. The molecule has 0 saturated heterocycles. The summed E-state index contributed by atoms with van der Waals surface area (Å²) >= 11 is 9.36. The number of aromatic nitrogens is 4. The minimum absolute atomic E-state index is 0.0308. The molecule has 21 heavy (non-hydrogen) atoms. The van der Waals surface area contributed by atoms with Gasteiger partial charge in [0.15, 0.2) is 0 Å². The zero-order valence-electron chi connectivity index (χ0n) is 11.9. The van der Waals surface area contributed by atoms with E-state index in [4.69, 9.17) is 11.6 Å². The number of amides is 1. The maximum atomic E-state index is 11.9. The molecule has 0 saturated carbocycles. The molecule has 0 aliphatic rings. The largest absolute Gasteiger partial charge is 0.350 e. The summed E-state index contributed by atoms with van der Waals surface area (Å²) in [4.78, 5) is 11.9. The molecule has 0 bridgehead atoms. The van der Waals surface area contributed by atoms with Crippen molar-refractivity contribution in [3.63, 3.8) is 0 Å². The highest BCUT2D eigenvalue weighted by atomic mass is 79.9. The van der Waals surface area contributed by atoms with E-state index in [1.165, 1.54) is 0 Å². The van der Waals surface area contributed by atoms with Crippen LogP contribution < -0.4 is 5.32 Å². The summed E-state index contributed by atoms with van der Waals surface area (Å²) in [6.07, 6.45) is 3.68. The van der Waals surface area contributed by atoms with Crippen molar-refractivity contribution in [1.82, 2.24) is 24.9 Å². The monoisotopic (exact) mass is 373 g/mol. The van der Waals surface area contributed by atoms with Gasteiger partial charge in [-0.2, -0.15) is 10.2 Å². The standard InChI is InChI=1S/C13H17BrClN5O/c1-3-19-12(10(14)6-17-19)8-16-13(21)4-5-20-9(2)11(15)7-18-20/h6-7H,3-5,8H2,1-2H3,(H,16,21). The van der Waals surface area contributed by atoms with Gasteiger partial charge < -0.3 is 5.32 Å². The molecule has 0 radical (unpaired) electrons. The third-order valence-electron chi connectivity index (χ3n) is 3.24. The van der Waals surface area contributed by atoms with Gasteiger partial charge in [-0.25, -0.2) is 0 Å². The molecule has 0 fully saturated rings. The number of hydrogen-bond acceptors (Lipinski definition) is 3. The Balaban J connectivity index is 1.85. The lowest BCUT2D eigenvalue weighted by Gasteiger charge is -2.08.